The molecule has 184 valence electrons. The van der Waals surface area contributed by atoms with Gasteiger partial charge in [0.1, 0.15) is 0 Å². The van der Waals surface area contributed by atoms with E-state index in [0.29, 0.717) is 16.2 Å². The molecule has 2 N–H and O–H groups in total. The zero-order valence-electron chi connectivity index (χ0n) is 21.9. The van der Waals surface area contributed by atoms with Gasteiger partial charge in [-0.1, -0.05) is 77.1 Å². The Morgan fingerprint density at radius 3 is 1.39 bits per heavy atom. The lowest BCUT2D eigenvalue weighted by molar-refractivity contribution is 0.373. The first-order valence-electron chi connectivity index (χ1n) is 12.1. The second-order valence-electron chi connectivity index (χ2n) is 11.1. The molecule has 33 heavy (non-hydrogen) atoms. The Morgan fingerprint density at radius 1 is 0.697 bits per heavy atom. The van der Waals surface area contributed by atoms with E-state index in [2.05, 4.69) is 40.0 Å². The predicted molar refractivity (Wildman–Crippen MR) is 145 cm³/mol. The standard InChI is InChI=1S/C27H44O4Si2/c1-27(2,32(5,6)17-9-11-21-13-15-23(28)25(19-21)30-3)33(7,8)18-10-12-22-14-16-24(29)26(20-22)31-4/h13-16,19-20,28-29H,9-12,17-18H2,1-8H3. The van der Waals surface area contributed by atoms with Crippen LogP contribution in [0.15, 0.2) is 36.4 Å². The Balaban J connectivity index is 1.96. The normalized spacial score (nSPS) is 12.6. The molecule has 0 fully saturated rings. The maximum Gasteiger partial charge on any atom is 0.160 e. The van der Waals surface area contributed by atoms with Crippen molar-refractivity contribution in [2.24, 2.45) is 0 Å². The Kier molecular flexibility index (Phi) is 9.11. The number of phenols is 2. The average molecular weight is 489 g/mol. The first-order chi connectivity index (χ1) is 15.3. The highest BCUT2D eigenvalue weighted by molar-refractivity contribution is 6.99. The second-order valence-corrected chi connectivity index (χ2v) is 22.6. The van der Waals surface area contributed by atoms with Gasteiger partial charge in [-0.15, -0.1) is 0 Å². The van der Waals surface area contributed by atoms with Crippen LogP contribution in [0, 0.1) is 0 Å². The molecule has 2 rings (SSSR count). The molecule has 0 unspecified atom stereocenters. The monoisotopic (exact) mass is 488 g/mol. The van der Waals surface area contributed by atoms with Gasteiger partial charge in [0.05, 0.1) is 30.4 Å². The van der Waals surface area contributed by atoms with E-state index < -0.39 is 16.1 Å². The molecular formula is C27H44O4Si2. The lowest BCUT2D eigenvalue weighted by atomic mass is 10.1. The van der Waals surface area contributed by atoms with Crippen molar-refractivity contribution in [2.45, 2.75) is 82.5 Å². The van der Waals surface area contributed by atoms with Gasteiger partial charge < -0.3 is 19.7 Å². The average Bonchev–Trinajstić information content (AvgIpc) is 2.75. The number of rotatable bonds is 12. The quantitative estimate of drug-likeness (QED) is 0.305. The minimum Gasteiger partial charge on any atom is -0.504 e. The maximum absolute atomic E-state index is 9.84. The van der Waals surface area contributed by atoms with Crippen molar-refractivity contribution in [1.29, 1.82) is 0 Å². The van der Waals surface area contributed by atoms with Crippen molar-refractivity contribution in [1.82, 2.24) is 0 Å². The van der Waals surface area contributed by atoms with Crippen LogP contribution in [0.4, 0.5) is 0 Å². The maximum atomic E-state index is 9.84. The van der Waals surface area contributed by atoms with E-state index in [-0.39, 0.29) is 11.5 Å². The summed E-state index contributed by atoms with van der Waals surface area (Å²) in [5.74, 6) is 1.53. The molecule has 0 aliphatic rings. The fourth-order valence-corrected chi connectivity index (χ4v) is 16.2. The van der Waals surface area contributed by atoms with Crippen molar-refractivity contribution in [3.8, 4) is 23.0 Å². The SMILES string of the molecule is COc1cc(CCC[Si](C)(C)C(C)(C)[Si](C)(C)CCCc2ccc(O)c(OC)c2)ccc1O. The molecule has 0 bridgehead atoms. The number of aromatic hydroxyl groups is 2. The number of hydrogen-bond acceptors (Lipinski definition) is 4. The molecule has 0 heterocycles. The molecule has 4 nitrogen and oxygen atoms in total. The van der Waals surface area contributed by atoms with E-state index in [1.165, 1.54) is 36.1 Å². The number of benzene rings is 2. The third-order valence-corrected chi connectivity index (χ3v) is 22.4. The largest absolute Gasteiger partial charge is 0.504 e. The van der Waals surface area contributed by atoms with Crippen molar-refractivity contribution in [2.75, 3.05) is 14.2 Å². The zero-order chi connectivity index (χ0) is 24.9. The molecule has 6 heteroatoms. The number of phenolic OH excluding ortho intramolecular Hbond substituents is 2. The van der Waals surface area contributed by atoms with Gasteiger partial charge in [-0.05, 0) is 52.9 Å². The minimum absolute atomic E-state index is 0.204. The van der Waals surface area contributed by atoms with Gasteiger partial charge in [0, 0.05) is 0 Å². The molecule has 0 radical (unpaired) electrons. The summed E-state index contributed by atoms with van der Waals surface area (Å²) < 4.78 is 10.9. The molecule has 0 amide bonds. The lowest BCUT2D eigenvalue weighted by Crippen LogP contribution is -2.54. The Bertz CT molecular complexity index is 849. The Labute approximate surface area is 203 Å². The van der Waals surface area contributed by atoms with Crippen LogP contribution in [-0.4, -0.2) is 40.6 Å². The van der Waals surface area contributed by atoms with Crippen LogP contribution in [0.3, 0.4) is 0 Å². The summed E-state index contributed by atoms with van der Waals surface area (Å²) in [5.41, 5.74) is 2.46. The van der Waals surface area contributed by atoms with Gasteiger partial charge >= 0.3 is 0 Å². The highest BCUT2D eigenvalue weighted by Crippen LogP contribution is 2.50. The van der Waals surface area contributed by atoms with Gasteiger partial charge in [-0.25, -0.2) is 0 Å². The van der Waals surface area contributed by atoms with E-state index in [1.54, 1.807) is 26.4 Å². The molecule has 2 aromatic rings. The summed E-state index contributed by atoms with van der Waals surface area (Å²) in [5, 5.41) is 19.7. The lowest BCUT2D eigenvalue weighted by Gasteiger charge is -2.50. The number of hydrogen-bond donors (Lipinski definition) is 2. The van der Waals surface area contributed by atoms with Crippen molar-refractivity contribution >= 4 is 16.1 Å². The highest BCUT2D eigenvalue weighted by Gasteiger charge is 2.49. The van der Waals surface area contributed by atoms with Gasteiger partial charge in [-0.2, -0.15) is 0 Å². The van der Waals surface area contributed by atoms with E-state index >= 15 is 0 Å². The fourth-order valence-electron chi connectivity index (χ4n) is 4.77. The summed E-state index contributed by atoms with van der Waals surface area (Å²) in [6, 6.07) is 14.0. The van der Waals surface area contributed by atoms with Crippen molar-refractivity contribution in [3.63, 3.8) is 0 Å². The van der Waals surface area contributed by atoms with E-state index in [1.807, 2.05) is 24.3 Å². The topological polar surface area (TPSA) is 58.9 Å². The van der Waals surface area contributed by atoms with E-state index in [4.69, 9.17) is 9.47 Å². The first-order valence-corrected chi connectivity index (χ1v) is 18.5. The van der Waals surface area contributed by atoms with Crippen LogP contribution >= 0.6 is 0 Å². The zero-order valence-corrected chi connectivity index (χ0v) is 23.9. The predicted octanol–water partition coefficient (Wildman–Crippen LogP) is 7.42. The van der Waals surface area contributed by atoms with E-state index in [9.17, 15) is 10.2 Å². The molecule has 2 aromatic carbocycles. The van der Waals surface area contributed by atoms with Crippen LogP contribution in [-0.2, 0) is 12.8 Å². The third kappa shape index (κ3) is 6.57. The molecule has 0 aliphatic heterocycles. The summed E-state index contributed by atoms with van der Waals surface area (Å²) >= 11 is 0. The highest BCUT2D eigenvalue weighted by atomic mass is 28.4. The molecule has 0 atom stereocenters. The molecule has 0 aromatic heterocycles. The van der Waals surface area contributed by atoms with Crippen molar-refractivity contribution in [3.05, 3.63) is 47.5 Å². The minimum atomic E-state index is -1.48. The van der Waals surface area contributed by atoms with Gasteiger partial charge in [0.25, 0.3) is 0 Å². The second kappa shape index (κ2) is 11.0. The smallest absolute Gasteiger partial charge is 0.160 e. The summed E-state index contributed by atoms with van der Waals surface area (Å²) in [7, 11) is 0.246. The van der Waals surface area contributed by atoms with Gasteiger partial charge in [0.15, 0.2) is 23.0 Å². The third-order valence-electron chi connectivity index (χ3n) is 8.41. The van der Waals surface area contributed by atoms with E-state index in [0.717, 1.165) is 12.8 Å². The fraction of sp³-hybridized carbons (Fsp3) is 0.556. The van der Waals surface area contributed by atoms with Crippen LogP contribution in [0.25, 0.3) is 0 Å². The Hall–Kier alpha value is -1.93. The van der Waals surface area contributed by atoms with Crippen LogP contribution in [0.5, 0.6) is 23.0 Å². The van der Waals surface area contributed by atoms with Gasteiger partial charge in [-0.3, -0.25) is 0 Å². The van der Waals surface area contributed by atoms with Gasteiger partial charge in [0.2, 0.25) is 0 Å². The summed E-state index contributed by atoms with van der Waals surface area (Å²) in [4.78, 5) is 0. The molecule has 0 saturated heterocycles. The summed E-state index contributed by atoms with van der Waals surface area (Å²) in [6.45, 7) is 15.4. The molecular weight excluding hydrogens is 444 g/mol. The van der Waals surface area contributed by atoms with Crippen LogP contribution in [0.2, 0.25) is 42.9 Å². The van der Waals surface area contributed by atoms with Crippen LogP contribution < -0.4 is 9.47 Å². The Morgan fingerprint density at radius 2 is 1.06 bits per heavy atom. The molecule has 0 saturated carbocycles. The van der Waals surface area contributed by atoms with Crippen LogP contribution in [0.1, 0.15) is 37.8 Å². The molecule has 0 aliphatic carbocycles. The number of methoxy groups -OCH3 is 2. The van der Waals surface area contributed by atoms with Crippen molar-refractivity contribution < 1.29 is 19.7 Å². The molecule has 0 spiro atoms. The first kappa shape index (κ1) is 27.3. The number of ether oxygens (including phenoxy) is 2. The summed E-state index contributed by atoms with van der Waals surface area (Å²) in [6.07, 6.45) is 4.39. The number of aryl methyl sites for hydroxylation is 2.